The topological polar surface area (TPSA) is 67.2 Å². The summed E-state index contributed by atoms with van der Waals surface area (Å²) >= 11 is 6.25. The first-order valence-corrected chi connectivity index (χ1v) is 9.26. The first-order chi connectivity index (χ1) is 13.2. The summed E-state index contributed by atoms with van der Waals surface area (Å²) in [6, 6.07) is 10.8. The largest absolute Gasteiger partial charge is 0.393 e. The number of hydrogen-bond donors (Lipinski definition) is 2. The molecule has 0 spiro atoms. The van der Waals surface area contributed by atoms with Crippen molar-refractivity contribution in [1.82, 2.24) is 9.55 Å². The molecule has 2 N–H and O–H groups in total. The van der Waals surface area contributed by atoms with Crippen LogP contribution >= 0.6 is 11.6 Å². The monoisotopic (exact) mass is 405 g/mol. The molecule has 0 amide bonds. The van der Waals surface area contributed by atoms with E-state index in [9.17, 15) is 18.7 Å². The van der Waals surface area contributed by atoms with Gasteiger partial charge in [0.1, 0.15) is 5.82 Å². The fourth-order valence-electron chi connectivity index (χ4n) is 3.37. The highest BCUT2D eigenvalue weighted by Gasteiger charge is 2.29. The predicted molar refractivity (Wildman–Crippen MR) is 105 cm³/mol. The minimum absolute atomic E-state index is 0.0199. The Kier molecular flexibility index (Phi) is 4.59. The fourth-order valence-corrected chi connectivity index (χ4v) is 3.59. The lowest BCUT2D eigenvalue weighted by Gasteiger charge is -2.32. The van der Waals surface area contributed by atoms with Crippen LogP contribution in [0.5, 0.6) is 0 Å². The second kappa shape index (κ2) is 6.83. The molecule has 0 unspecified atom stereocenters. The van der Waals surface area contributed by atoms with Gasteiger partial charge in [-0.2, -0.15) is 4.98 Å². The molecule has 1 fully saturated rings. The average molecular weight is 406 g/mol. The number of aliphatic hydroxyl groups is 1. The maximum Gasteiger partial charge on any atom is 0.354 e. The first kappa shape index (κ1) is 18.8. The highest BCUT2D eigenvalue weighted by atomic mass is 35.5. The molecule has 1 aliphatic carbocycles. The van der Waals surface area contributed by atoms with Gasteiger partial charge in [-0.05, 0) is 37.1 Å². The number of aliphatic hydroxyl groups excluding tert-OH is 1. The summed E-state index contributed by atoms with van der Waals surface area (Å²) in [5.74, 6) is -2.75. The second-order valence-corrected chi connectivity index (χ2v) is 7.52. The summed E-state index contributed by atoms with van der Waals surface area (Å²) < 4.78 is 29.1. The number of nitrogens with one attached hydrogen (secondary N) is 1. The van der Waals surface area contributed by atoms with Crippen LogP contribution < -0.4 is 11.0 Å². The zero-order valence-electron chi connectivity index (χ0n) is 15.0. The van der Waals surface area contributed by atoms with Gasteiger partial charge in [0.25, 0.3) is 5.92 Å². The van der Waals surface area contributed by atoms with Gasteiger partial charge in [-0.1, -0.05) is 29.8 Å². The second-order valence-electron chi connectivity index (χ2n) is 7.12. The Morgan fingerprint density at radius 2 is 1.96 bits per heavy atom. The van der Waals surface area contributed by atoms with Gasteiger partial charge in [-0.3, -0.25) is 4.57 Å². The van der Waals surface area contributed by atoms with Crippen LogP contribution in [0.15, 0.2) is 47.3 Å². The smallest absolute Gasteiger partial charge is 0.354 e. The summed E-state index contributed by atoms with van der Waals surface area (Å²) in [5.41, 5.74) is -0.181. The van der Waals surface area contributed by atoms with Gasteiger partial charge >= 0.3 is 5.69 Å². The van der Waals surface area contributed by atoms with Crippen LogP contribution in [0.4, 0.5) is 14.6 Å². The number of aromatic nitrogens is 2. The Bertz CT molecular complexity index is 1100. The molecule has 0 atom stereocenters. The molecule has 1 aromatic heterocycles. The van der Waals surface area contributed by atoms with E-state index in [1.54, 1.807) is 24.3 Å². The molecular weight excluding hydrogens is 388 g/mol. The van der Waals surface area contributed by atoms with Gasteiger partial charge < -0.3 is 10.4 Å². The molecule has 28 heavy (non-hydrogen) atoms. The van der Waals surface area contributed by atoms with E-state index in [4.69, 9.17) is 11.6 Å². The number of fused-ring (bicyclic) bond motifs is 1. The van der Waals surface area contributed by atoms with Crippen molar-refractivity contribution in [3.05, 3.63) is 63.5 Å². The van der Waals surface area contributed by atoms with Crippen molar-refractivity contribution in [3.8, 4) is 5.69 Å². The van der Waals surface area contributed by atoms with Crippen LogP contribution in [0, 0.1) is 0 Å². The molecule has 2 aromatic carbocycles. The van der Waals surface area contributed by atoms with Crippen molar-refractivity contribution >= 4 is 28.3 Å². The molecule has 0 radical (unpaired) electrons. The van der Waals surface area contributed by atoms with Crippen LogP contribution in [0.3, 0.4) is 0 Å². The van der Waals surface area contributed by atoms with Crippen LogP contribution in [0.1, 0.15) is 25.3 Å². The van der Waals surface area contributed by atoms with Crippen molar-refractivity contribution in [2.24, 2.45) is 0 Å². The van der Waals surface area contributed by atoms with Gasteiger partial charge in [0, 0.05) is 23.9 Å². The summed E-state index contributed by atoms with van der Waals surface area (Å²) in [4.78, 5) is 17.0. The third kappa shape index (κ3) is 3.36. The van der Waals surface area contributed by atoms with Gasteiger partial charge in [-0.15, -0.1) is 0 Å². The number of para-hydroxylation sites is 1. The van der Waals surface area contributed by atoms with Crippen LogP contribution in [-0.4, -0.2) is 26.8 Å². The van der Waals surface area contributed by atoms with Crippen LogP contribution in [0.2, 0.25) is 5.02 Å². The fraction of sp³-hybridized carbons (Fsp3) is 0.300. The molecule has 1 heterocycles. The van der Waals surface area contributed by atoms with Crippen molar-refractivity contribution in [2.75, 3.05) is 5.32 Å². The van der Waals surface area contributed by atoms with E-state index in [0.29, 0.717) is 34.8 Å². The van der Waals surface area contributed by atoms with E-state index >= 15 is 0 Å². The number of hydrogen-bond acceptors (Lipinski definition) is 4. The molecule has 8 heteroatoms. The number of nitrogens with zero attached hydrogens (tertiary/aromatic N) is 2. The van der Waals surface area contributed by atoms with Crippen molar-refractivity contribution in [2.45, 2.75) is 37.8 Å². The van der Waals surface area contributed by atoms with Crippen LogP contribution in [-0.2, 0) is 5.92 Å². The van der Waals surface area contributed by atoms with Crippen molar-refractivity contribution < 1.29 is 13.9 Å². The molecule has 0 aliphatic heterocycles. The lowest BCUT2D eigenvalue weighted by molar-refractivity contribution is 0.0176. The number of alkyl halides is 2. The molecule has 0 saturated heterocycles. The first-order valence-electron chi connectivity index (χ1n) is 8.88. The molecule has 1 saturated carbocycles. The number of halogens is 3. The molecule has 1 aliphatic rings. The molecule has 3 aromatic rings. The summed E-state index contributed by atoms with van der Waals surface area (Å²) in [6.45, 7) is 0.808. The van der Waals surface area contributed by atoms with Gasteiger partial charge in [-0.25, -0.2) is 13.6 Å². The highest BCUT2D eigenvalue weighted by Crippen LogP contribution is 2.33. The average Bonchev–Trinajstić information content (AvgIpc) is 2.60. The Morgan fingerprint density at radius 1 is 1.25 bits per heavy atom. The Balaban J connectivity index is 1.96. The standard InChI is InChI=1S/C20H18ClF2N3O2/c1-20(22,23)11-6-7-14-17(8-11)26(16-5-3-2-4-15(16)21)19(28)25-18(14)24-12-9-13(27)10-12/h2-8,12-13,27H,9-10H2,1H3,(H,24,25,28)/t12-,13-. The maximum atomic E-state index is 13.9. The van der Waals surface area contributed by atoms with Gasteiger partial charge in [0.2, 0.25) is 0 Å². The number of rotatable bonds is 4. The molecule has 4 rings (SSSR count). The lowest BCUT2D eigenvalue weighted by Crippen LogP contribution is -2.40. The van der Waals surface area contributed by atoms with E-state index in [0.717, 1.165) is 6.92 Å². The summed E-state index contributed by atoms with van der Waals surface area (Å²) in [7, 11) is 0. The Morgan fingerprint density at radius 3 is 2.61 bits per heavy atom. The van der Waals surface area contributed by atoms with Crippen molar-refractivity contribution in [1.29, 1.82) is 0 Å². The molecule has 0 bridgehead atoms. The lowest BCUT2D eigenvalue weighted by atomic mass is 9.89. The summed E-state index contributed by atoms with van der Waals surface area (Å²) in [6.07, 6.45) is 0.710. The normalized spacial score (nSPS) is 19.5. The highest BCUT2D eigenvalue weighted by molar-refractivity contribution is 6.32. The van der Waals surface area contributed by atoms with E-state index in [1.165, 1.54) is 22.8 Å². The third-order valence-electron chi connectivity index (χ3n) is 4.95. The summed E-state index contributed by atoms with van der Waals surface area (Å²) in [5, 5.41) is 13.5. The Hall–Kier alpha value is -2.51. The Labute approximate surface area is 164 Å². The van der Waals surface area contributed by atoms with E-state index in [-0.39, 0.29) is 23.2 Å². The third-order valence-corrected chi connectivity index (χ3v) is 5.27. The molecular formula is C20H18ClF2N3O2. The SMILES string of the molecule is CC(F)(F)c1ccc2c(N[C@H]3C[C@H](O)C3)nc(=O)n(-c3ccccc3Cl)c2c1. The number of benzene rings is 2. The van der Waals surface area contributed by atoms with Gasteiger partial charge in [0.05, 0.1) is 22.3 Å². The van der Waals surface area contributed by atoms with Crippen LogP contribution in [0.25, 0.3) is 16.6 Å². The quantitative estimate of drug-likeness (QED) is 0.686. The minimum atomic E-state index is -3.06. The maximum absolute atomic E-state index is 13.9. The zero-order valence-corrected chi connectivity index (χ0v) is 15.8. The molecule has 146 valence electrons. The number of anilines is 1. The zero-order chi connectivity index (χ0) is 20.1. The van der Waals surface area contributed by atoms with Gasteiger partial charge in [0.15, 0.2) is 0 Å². The van der Waals surface area contributed by atoms with E-state index < -0.39 is 11.6 Å². The van der Waals surface area contributed by atoms with E-state index in [1.807, 2.05) is 0 Å². The van der Waals surface area contributed by atoms with E-state index in [2.05, 4.69) is 10.3 Å². The predicted octanol–water partition coefficient (Wildman–Crippen LogP) is 4.09. The minimum Gasteiger partial charge on any atom is -0.393 e. The van der Waals surface area contributed by atoms with Crippen molar-refractivity contribution in [3.63, 3.8) is 0 Å². The molecule has 5 nitrogen and oxygen atoms in total.